The van der Waals surface area contributed by atoms with E-state index in [1.165, 1.54) is 37.7 Å². The van der Waals surface area contributed by atoms with Crippen LogP contribution in [0.3, 0.4) is 0 Å². The fourth-order valence-corrected chi connectivity index (χ4v) is 3.09. The molecule has 0 amide bonds. The van der Waals surface area contributed by atoms with Crippen molar-refractivity contribution in [3.05, 3.63) is 34.9 Å². The fourth-order valence-electron chi connectivity index (χ4n) is 2.88. The Balaban J connectivity index is 1.96. The molecule has 0 aliphatic heterocycles. The Labute approximate surface area is 104 Å². The molecule has 1 unspecified atom stereocenters. The largest absolute Gasteiger partial charge is 0.0840 e. The molecule has 1 aliphatic carbocycles. The molecule has 88 valence electrons. The number of halogens is 1. The van der Waals surface area contributed by atoms with E-state index in [0.717, 1.165) is 23.3 Å². The molecule has 0 heterocycles. The first kappa shape index (κ1) is 12.0. The first-order valence-corrected chi connectivity index (χ1v) is 6.88. The first-order valence-electron chi connectivity index (χ1n) is 6.51. The van der Waals surface area contributed by atoms with Gasteiger partial charge in [0.1, 0.15) is 0 Å². The number of hydrogen-bond donors (Lipinski definition) is 0. The second-order valence-corrected chi connectivity index (χ2v) is 5.58. The lowest BCUT2D eigenvalue weighted by Gasteiger charge is -2.27. The SMILES string of the molecule is CC(Cc1ccccc1Cl)C1CCCCC1. The van der Waals surface area contributed by atoms with E-state index in [1.807, 2.05) is 12.1 Å². The molecule has 1 atom stereocenters. The van der Waals surface area contributed by atoms with Crippen LogP contribution >= 0.6 is 11.6 Å². The van der Waals surface area contributed by atoms with Gasteiger partial charge in [-0.2, -0.15) is 0 Å². The van der Waals surface area contributed by atoms with E-state index in [4.69, 9.17) is 11.6 Å². The molecule has 1 aromatic rings. The van der Waals surface area contributed by atoms with Gasteiger partial charge in [-0.15, -0.1) is 0 Å². The maximum Gasteiger partial charge on any atom is 0.0438 e. The van der Waals surface area contributed by atoms with Crippen molar-refractivity contribution in [3.63, 3.8) is 0 Å². The van der Waals surface area contributed by atoms with E-state index in [2.05, 4.69) is 19.1 Å². The minimum atomic E-state index is 0.778. The minimum absolute atomic E-state index is 0.778. The van der Waals surface area contributed by atoms with Crippen molar-refractivity contribution in [2.24, 2.45) is 11.8 Å². The van der Waals surface area contributed by atoms with Crippen molar-refractivity contribution >= 4 is 11.6 Å². The van der Waals surface area contributed by atoms with Gasteiger partial charge in [-0.1, -0.05) is 68.8 Å². The summed E-state index contributed by atoms with van der Waals surface area (Å²) in [6.45, 7) is 2.39. The lowest BCUT2D eigenvalue weighted by molar-refractivity contribution is 0.262. The van der Waals surface area contributed by atoms with Gasteiger partial charge >= 0.3 is 0 Å². The summed E-state index contributed by atoms with van der Waals surface area (Å²) in [5, 5.41) is 0.935. The summed E-state index contributed by atoms with van der Waals surface area (Å²) in [6.07, 6.45) is 8.28. The second kappa shape index (κ2) is 5.72. The van der Waals surface area contributed by atoms with E-state index < -0.39 is 0 Å². The maximum absolute atomic E-state index is 6.21. The summed E-state index contributed by atoms with van der Waals surface area (Å²) in [5.41, 5.74) is 1.32. The zero-order chi connectivity index (χ0) is 11.4. The molecular weight excluding hydrogens is 216 g/mol. The van der Waals surface area contributed by atoms with Crippen molar-refractivity contribution < 1.29 is 0 Å². The third kappa shape index (κ3) is 3.01. The molecule has 0 spiro atoms. The van der Waals surface area contributed by atoms with Gasteiger partial charge in [0, 0.05) is 5.02 Å². The molecular formula is C15H21Cl. The summed E-state index contributed by atoms with van der Waals surface area (Å²) in [4.78, 5) is 0. The summed E-state index contributed by atoms with van der Waals surface area (Å²) < 4.78 is 0. The van der Waals surface area contributed by atoms with Gasteiger partial charge in [0.05, 0.1) is 0 Å². The number of hydrogen-bond acceptors (Lipinski definition) is 0. The van der Waals surface area contributed by atoms with Gasteiger partial charge in [-0.3, -0.25) is 0 Å². The van der Waals surface area contributed by atoms with Crippen LogP contribution in [0, 0.1) is 11.8 Å². The monoisotopic (exact) mass is 236 g/mol. The van der Waals surface area contributed by atoms with Crippen LogP contribution in [0.15, 0.2) is 24.3 Å². The van der Waals surface area contributed by atoms with Gasteiger partial charge in [-0.25, -0.2) is 0 Å². The highest BCUT2D eigenvalue weighted by atomic mass is 35.5. The third-order valence-corrected chi connectivity index (χ3v) is 4.32. The average Bonchev–Trinajstić information content (AvgIpc) is 2.33. The molecule has 1 aromatic carbocycles. The fraction of sp³-hybridized carbons (Fsp3) is 0.600. The van der Waals surface area contributed by atoms with E-state index in [1.54, 1.807) is 0 Å². The molecule has 0 aromatic heterocycles. The van der Waals surface area contributed by atoms with Gasteiger partial charge in [-0.05, 0) is 29.9 Å². The summed E-state index contributed by atoms with van der Waals surface area (Å²) >= 11 is 6.21. The molecule has 1 fully saturated rings. The van der Waals surface area contributed by atoms with Crippen molar-refractivity contribution in [2.45, 2.75) is 45.4 Å². The average molecular weight is 237 g/mol. The van der Waals surface area contributed by atoms with Crippen LogP contribution in [0.2, 0.25) is 5.02 Å². The number of benzene rings is 1. The first-order chi connectivity index (χ1) is 7.77. The van der Waals surface area contributed by atoms with E-state index in [-0.39, 0.29) is 0 Å². The summed E-state index contributed by atoms with van der Waals surface area (Å²) in [5.74, 6) is 1.70. The third-order valence-electron chi connectivity index (χ3n) is 3.95. The molecule has 0 bridgehead atoms. The van der Waals surface area contributed by atoms with Crippen molar-refractivity contribution in [3.8, 4) is 0 Å². The highest BCUT2D eigenvalue weighted by Gasteiger charge is 2.20. The van der Waals surface area contributed by atoms with Crippen LogP contribution in [0.1, 0.15) is 44.6 Å². The standard InChI is InChI=1S/C15H21Cl/c1-12(13-7-3-2-4-8-13)11-14-9-5-6-10-15(14)16/h5-6,9-10,12-13H,2-4,7-8,11H2,1H3. The Morgan fingerprint density at radius 3 is 2.56 bits per heavy atom. The number of rotatable bonds is 3. The minimum Gasteiger partial charge on any atom is -0.0840 e. The lowest BCUT2D eigenvalue weighted by Crippen LogP contribution is -2.17. The Morgan fingerprint density at radius 1 is 1.19 bits per heavy atom. The highest BCUT2D eigenvalue weighted by molar-refractivity contribution is 6.31. The molecule has 0 nitrogen and oxygen atoms in total. The quantitative estimate of drug-likeness (QED) is 0.685. The molecule has 1 heteroatoms. The highest BCUT2D eigenvalue weighted by Crippen LogP contribution is 2.32. The molecule has 16 heavy (non-hydrogen) atoms. The van der Waals surface area contributed by atoms with E-state index >= 15 is 0 Å². The Bertz CT molecular complexity index is 326. The lowest BCUT2D eigenvalue weighted by atomic mass is 9.78. The zero-order valence-electron chi connectivity index (χ0n) is 10.1. The van der Waals surface area contributed by atoms with Crippen LogP contribution in [0.5, 0.6) is 0 Å². The zero-order valence-corrected chi connectivity index (χ0v) is 10.8. The van der Waals surface area contributed by atoms with Crippen molar-refractivity contribution in [2.75, 3.05) is 0 Å². The van der Waals surface area contributed by atoms with E-state index in [9.17, 15) is 0 Å². The normalized spacial score (nSPS) is 19.6. The summed E-state index contributed by atoms with van der Waals surface area (Å²) in [7, 11) is 0. The Morgan fingerprint density at radius 2 is 1.88 bits per heavy atom. The second-order valence-electron chi connectivity index (χ2n) is 5.17. The van der Waals surface area contributed by atoms with E-state index in [0.29, 0.717) is 0 Å². The predicted octanol–water partition coefficient (Wildman–Crippen LogP) is 5.10. The van der Waals surface area contributed by atoms with Crippen LogP contribution in [-0.2, 0) is 6.42 Å². The maximum atomic E-state index is 6.21. The molecule has 0 saturated heterocycles. The van der Waals surface area contributed by atoms with Gasteiger partial charge in [0.25, 0.3) is 0 Å². The molecule has 2 rings (SSSR count). The molecule has 0 radical (unpaired) electrons. The van der Waals surface area contributed by atoms with Gasteiger partial charge in [0.2, 0.25) is 0 Å². The Kier molecular flexibility index (Phi) is 4.29. The smallest absolute Gasteiger partial charge is 0.0438 e. The summed E-state index contributed by atoms with van der Waals surface area (Å²) in [6, 6.07) is 8.28. The van der Waals surface area contributed by atoms with Crippen molar-refractivity contribution in [1.82, 2.24) is 0 Å². The van der Waals surface area contributed by atoms with Crippen LogP contribution in [0.25, 0.3) is 0 Å². The van der Waals surface area contributed by atoms with Gasteiger partial charge < -0.3 is 0 Å². The predicted molar refractivity (Wildman–Crippen MR) is 70.9 cm³/mol. The van der Waals surface area contributed by atoms with Crippen LogP contribution in [0.4, 0.5) is 0 Å². The topological polar surface area (TPSA) is 0 Å². The van der Waals surface area contributed by atoms with Crippen molar-refractivity contribution in [1.29, 1.82) is 0 Å². The van der Waals surface area contributed by atoms with Gasteiger partial charge in [0.15, 0.2) is 0 Å². The molecule has 0 N–H and O–H groups in total. The van der Waals surface area contributed by atoms with Crippen LogP contribution < -0.4 is 0 Å². The Hall–Kier alpha value is -0.490. The molecule has 1 aliphatic rings. The molecule has 1 saturated carbocycles. The van der Waals surface area contributed by atoms with Crippen LogP contribution in [-0.4, -0.2) is 0 Å².